The number of nitrogen functional groups attached to an aromatic ring is 2. The molecule has 0 aliphatic heterocycles. The molecule has 16 heteroatoms. The Kier molecular flexibility index (Phi) is 15.6. The number of carboxylic acid groups (broad SMARTS) is 2. The maximum Gasteiger partial charge on any atom is 0.490 e. The number of benzene rings is 3. The zero-order valence-corrected chi connectivity index (χ0v) is 24.7. The number of hydrogen-bond donors (Lipinski definition) is 7. The van der Waals surface area contributed by atoms with Crippen LogP contribution in [0.4, 0.5) is 26.3 Å². The molecule has 0 heterocycles. The molecule has 3 rings (SSSR count). The van der Waals surface area contributed by atoms with Gasteiger partial charge in [-0.15, -0.1) is 0 Å². The molecular formula is C31H33F6N5O5. The van der Waals surface area contributed by atoms with E-state index in [1.54, 1.807) is 0 Å². The van der Waals surface area contributed by atoms with Crippen LogP contribution >= 0.6 is 0 Å². The summed E-state index contributed by atoms with van der Waals surface area (Å²) in [5.74, 6) is -5.44. The average molecular weight is 670 g/mol. The molecule has 0 aliphatic carbocycles. The minimum Gasteiger partial charge on any atom is -0.475 e. The van der Waals surface area contributed by atoms with E-state index < -0.39 is 24.3 Å². The summed E-state index contributed by atoms with van der Waals surface area (Å²) < 4.78 is 63.5. The SMILES string of the molecule is N=C(N)c1ccc(CCC(CC(=O)NCCc2ccccc2)c2cccc(C(=N)N)c2)cc1.O=C(O)C(F)(F)F.O=C(O)C(F)(F)F. The van der Waals surface area contributed by atoms with E-state index in [1.165, 1.54) is 5.56 Å². The van der Waals surface area contributed by atoms with Gasteiger partial charge in [0, 0.05) is 24.1 Å². The lowest BCUT2D eigenvalue weighted by Gasteiger charge is -2.18. The Balaban J connectivity index is 0.000000658. The number of amides is 1. The lowest BCUT2D eigenvalue weighted by molar-refractivity contribution is -0.193. The second-order valence-electron chi connectivity index (χ2n) is 9.78. The number of hydrogen-bond acceptors (Lipinski definition) is 5. The van der Waals surface area contributed by atoms with E-state index in [1.807, 2.05) is 66.7 Å². The first-order chi connectivity index (χ1) is 21.8. The molecule has 254 valence electrons. The summed E-state index contributed by atoms with van der Waals surface area (Å²) in [6.07, 6.45) is -7.46. The third kappa shape index (κ3) is 15.9. The number of nitrogens with two attached hydrogens (primary N) is 2. The molecule has 1 unspecified atom stereocenters. The smallest absolute Gasteiger partial charge is 0.475 e. The average Bonchev–Trinajstić information content (AvgIpc) is 2.99. The summed E-state index contributed by atoms with van der Waals surface area (Å²) in [7, 11) is 0. The molecule has 0 spiro atoms. The topological polar surface area (TPSA) is 203 Å². The molecule has 3 aromatic rings. The molecule has 0 bridgehead atoms. The highest BCUT2D eigenvalue weighted by atomic mass is 19.4. The van der Waals surface area contributed by atoms with Crippen LogP contribution in [0, 0.1) is 10.8 Å². The van der Waals surface area contributed by atoms with Gasteiger partial charge < -0.3 is 27.0 Å². The van der Waals surface area contributed by atoms with Crippen LogP contribution in [-0.4, -0.2) is 58.6 Å². The Labute approximate surface area is 265 Å². The first-order valence-electron chi connectivity index (χ1n) is 13.6. The summed E-state index contributed by atoms with van der Waals surface area (Å²) in [5.41, 5.74) is 15.9. The highest BCUT2D eigenvalue weighted by Crippen LogP contribution is 2.26. The molecule has 10 nitrogen and oxygen atoms in total. The molecule has 0 aliphatic rings. The maximum absolute atomic E-state index is 12.8. The van der Waals surface area contributed by atoms with Crippen molar-refractivity contribution in [3.05, 3.63) is 107 Å². The molecular weight excluding hydrogens is 636 g/mol. The molecule has 3 aromatic carbocycles. The second kappa shape index (κ2) is 18.5. The summed E-state index contributed by atoms with van der Waals surface area (Å²) in [6, 6.07) is 25.3. The molecule has 0 fully saturated rings. The number of nitrogens with one attached hydrogen (secondary N) is 3. The highest BCUT2D eigenvalue weighted by molar-refractivity contribution is 5.95. The fraction of sp³-hybridized carbons (Fsp3) is 0.258. The van der Waals surface area contributed by atoms with E-state index in [4.69, 9.17) is 42.1 Å². The Hall–Kier alpha value is -5.41. The number of rotatable bonds is 11. The number of carboxylic acids is 2. The second-order valence-corrected chi connectivity index (χ2v) is 9.78. The largest absolute Gasteiger partial charge is 0.490 e. The van der Waals surface area contributed by atoms with Crippen molar-refractivity contribution in [2.24, 2.45) is 11.5 Å². The van der Waals surface area contributed by atoms with Crippen molar-refractivity contribution in [2.45, 2.75) is 44.0 Å². The fourth-order valence-corrected chi connectivity index (χ4v) is 3.83. The van der Waals surface area contributed by atoms with Crippen LogP contribution in [0.1, 0.15) is 46.6 Å². The first-order valence-corrected chi connectivity index (χ1v) is 13.6. The predicted octanol–water partition coefficient (Wildman–Crippen LogP) is 4.99. The Bertz CT molecular complexity index is 1470. The molecule has 1 amide bonds. The predicted molar refractivity (Wildman–Crippen MR) is 161 cm³/mol. The lowest BCUT2D eigenvalue weighted by Crippen LogP contribution is -2.27. The van der Waals surface area contributed by atoms with Crippen molar-refractivity contribution < 1.29 is 50.9 Å². The lowest BCUT2D eigenvalue weighted by atomic mass is 9.88. The summed E-state index contributed by atoms with van der Waals surface area (Å²) >= 11 is 0. The van der Waals surface area contributed by atoms with Gasteiger partial charge in [0.05, 0.1) is 0 Å². The van der Waals surface area contributed by atoms with Gasteiger partial charge in [0.25, 0.3) is 0 Å². The normalized spacial score (nSPS) is 11.4. The number of halogens is 6. The summed E-state index contributed by atoms with van der Waals surface area (Å²) in [4.78, 5) is 30.5. The van der Waals surface area contributed by atoms with Crippen molar-refractivity contribution in [1.29, 1.82) is 10.8 Å². The van der Waals surface area contributed by atoms with Crippen molar-refractivity contribution in [3.63, 3.8) is 0 Å². The number of alkyl halides is 6. The Morgan fingerprint density at radius 2 is 1.19 bits per heavy atom. The van der Waals surface area contributed by atoms with E-state index in [-0.39, 0.29) is 23.5 Å². The zero-order valence-electron chi connectivity index (χ0n) is 24.7. The third-order valence-corrected chi connectivity index (χ3v) is 6.21. The minimum absolute atomic E-state index is 0.00601. The van der Waals surface area contributed by atoms with E-state index in [9.17, 15) is 31.1 Å². The van der Waals surface area contributed by atoms with Crippen LogP contribution in [0.3, 0.4) is 0 Å². The van der Waals surface area contributed by atoms with Gasteiger partial charge in [-0.1, -0.05) is 72.8 Å². The minimum atomic E-state index is -5.08. The first kappa shape index (κ1) is 39.6. The number of aryl methyl sites for hydroxylation is 1. The number of amidine groups is 2. The van der Waals surface area contributed by atoms with Gasteiger partial charge in [-0.05, 0) is 47.9 Å². The standard InChI is InChI=1S/C27H31N5O.2C2HF3O2/c28-26(29)21-12-9-20(10-13-21)11-14-23(22-7-4-8-24(17-22)27(30)31)18-25(33)32-16-15-19-5-2-1-3-6-19;2*3-2(4,5)1(6)7/h1-10,12-13,17,23H,11,14-16,18H2,(H3,28,29)(H3,30,31)(H,32,33);2*(H,6,7). The van der Waals surface area contributed by atoms with Crippen molar-refractivity contribution in [3.8, 4) is 0 Å². The Morgan fingerprint density at radius 1 is 0.702 bits per heavy atom. The maximum atomic E-state index is 12.8. The van der Waals surface area contributed by atoms with E-state index in [0.717, 1.165) is 30.4 Å². The van der Waals surface area contributed by atoms with Crippen LogP contribution in [0.2, 0.25) is 0 Å². The van der Waals surface area contributed by atoms with Crippen molar-refractivity contribution in [2.75, 3.05) is 6.54 Å². The molecule has 1 atom stereocenters. The van der Waals surface area contributed by atoms with Gasteiger partial charge in [-0.25, -0.2) is 9.59 Å². The third-order valence-electron chi connectivity index (χ3n) is 6.21. The number of aliphatic carboxylic acids is 2. The van der Waals surface area contributed by atoms with Gasteiger partial charge in [-0.2, -0.15) is 26.3 Å². The molecule has 0 saturated carbocycles. The van der Waals surface area contributed by atoms with Crippen LogP contribution in [-0.2, 0) is 27.2 Å². The van der Waals surface area contributed by atoms with E-state index >= 15 is 0 Å². The number of carbonyl (C=O) groups is 3. The van der Waals surface area contributed by atoms with Crippen molar-refractivity contribution >= 4 is 29.5 Å². The quantitative estimate of drug-likeness (QED) is 0.0846. The van der Waals surface area contributed by atoms with Crippen LogP contribution in [0.5, 0.6) is 0 Å². The van der Waals surface area contributed by atoms with Gasteiger partial charge in [0.1, 0.15) is 11.7 Å². The van der Waals surface area contributed by atoms with Crippen LogP contribution in [0.25, 0.3) is 0 Å². The van der Waals surface area contributed by atoms with Crippen molar-refractivity contribution in [1.82, 2.24) is 5.32 Å². The summed E-state index contributed by atoms with van der Waals surface area (Å²) in [5, 5.41) is 32.6. The van der Waals surface area contributed by atoms with Gasteiger partial charge >= 0.3 is 24.3 Å². The fourth-order valence-electron chi connectivity index (χ4n) is 3.83. The molecule has 9 N–H and O–H groups in total. The monoisotopic (exact) mass is 669 g/mol. The molecule has 0 aromatic heterocycles. The van der Waals surface area contributed by atoms with Gasteiger partial charge in [0.15, 0.2) is 0 Å². The molecule has 0 saturated heterocycles. The van der Waals surface area contributed by atoms with Gasteiger partial charge in [-0.3, -0.25) is 15.6 Å². The van der Waals surface area contributed by atoms with Crippen LogP contribution < -0.4 is 16.8 Å². The number of carbonyl (C=O) groups excluding carboxylic acids is 1. The zero-order chi connectivity index (χ0) is 35.8. The van der Waals surface area contributed by atoms with Gasteiger partial charge in [0.2, 0.25) is 5.91 Å². The van der Waals surface area contributed by atoms with E-state index in [0.29, 0.717) is 24.1 Å². The highest BCUT2D eigenvalue weighted by Gasteiger charge is 2.38. The molecule has 0 radical (unpaired) electrons. The van der Waals surface area contributed by atoms with E-state index in [2.05, 4.69) is 17.4 Å². The van der Waals surface area contributed by atoms with Crippen LogP contribution in [0.15, 0.2) is 78.9 Å². The Morgan fingerprint density at radius 3 is 1.66 bits per heavy atom. The molecule has 47 heavy (non-hydrogen) atoms. The summed E-state index contributed by atoms with van der Waals surface area (Å²) in [6.45, 7) is 0.593.